The second kappa shape index (κ2) is 9.43. The van der Waals surface area contributed by atoms with E-state index in [-0.39, 0.29) is 11.7 Å². The molecule has 1 amide bonds. The number of rotatable bonds is 6. The van der Waals surface area contributed by atoms with Gasteiger partial charge in [-0.15, -0.1) is 10.2 Å². The predicted octanol–water partition coefficient (Wildman–Crippen LogP) is 5.67. The van der Waals surface area contributed by atoms with E-state index in [9.17, 15) is 10.1 Å². The van der Waals surface area contributed by atoms with Crippen molar-refractivity contribution < 1.29 is 4.79 Å². The second-order valence-corrected chi connectivity index (χ2v) is 8.74. The van der Waals surface area contributed by atoms with Crippen molar-refractivity contribution in [2.45, 2.75) is 5.16 Å². The Hall–Kier alpha value is -4.06. The molecule has 9 heteroatoms. The average molecular weight is 485 g/mol. The van der Waals surface area contributed by atoms with Gasteiger partial charge in [0.2, 0.25) is 5.91 Å². The summed E-state index contributed by atoms with van der Waals surface area (Å²) in [6.07, 6.45) is 1.90. The number of nitriles is 1. The number of carbonyl (C=O) groups excluding carboxylic acids is 1. The van der Waals surface area contributed by atoms with Gasteiger partial charge in [-0.1, -0.05) is 53.7 Å². The van der Waals surface area contributed by atoms with Gasteiger partial charge >= 0.3 is 0 Å². The molecule has 34 heavy (non-hydrogen) atoms. The third kappa shape index (κ3) is 4.27. The molecular formula is C25H17ClN6OS. The Kier molecular flexibility index (Phi) is 6.04. The third-order valence-electron chi connectivity index (χ3n) is 5.20. The molecule has 0 saturated heterocycles. The molecule has 7 nitrogen and oxygen atoms in total. The molecule has 0 atom stereocenters. The van der Waals surface area contributed by atoms with Crippen molar-refractivity contribution in [1.82, 2.24) is 19.7 Å². The molecule has 0 unspecified atom stereocenters. The zero-order valence-electron chi connectivity index (χ0n) is 17.7. The number of aromatic nitrogens is 4. The van der Waals surface area contributed by atoms with Gasteiger partial charge in [0.1, 0.15) is 6.07 Å². The van der Waals surface area contributed by atoms with Crippen LogP contribution in [0.25, 0.3) is 28.0 Å². The molecular weight excluding hydrogens is 468 g/mol. The molecule has 5 rings (SSSR count). The standard InChI is InChI=1S/C25H17ClN6OS/c26-17-9-11-18(12-10-17)32-24(20-14-28-22-8-4-2-6-19(20)22)30-31-25(32)34-15-23(33)29-21-7-3-1-5-16(21)13-27/h1-12,14,28H,15H2,(H,29,33). The van der Waals surface area contributed by atoms with E-state index < -0.39 is 0 Å². The Morgan fingerprint density at radius 2 is 1.82 bits per heavy atom. The van der Waals surface area contributed by atoms with Gasteiger partial charge in [-0.05, 0) is 42.5 Å². The van der Waals surface area contributed by atoms with Gasteiger partial charge in [0.25, 0.3) is 0 Å². The minimum atomic E-state index is -0.244. The molecule has 5 aromatic rings. The lowest BCUT2D eigenvalue weighted by atomic mass is 10.1. The highest BCUT2D eigenvalue weighted by molar-refractivity contribution is 7.99. The normalized spacial score (nSPS) is 10.8. The molecule has 0 aliphatic heterocycles. The number of fused-ring (bicyclic) bond motifs is 1. The van der Waals surface area contributed by atoms with Crippen molar-refractivity contribution in [2.24, 2.45) is 0 Å². The minimum Gasteiger partial charge on any atom is -0.360 e. The van der Waals surface area contributed by atoms with E-state index in [1.54, 1.807) is 36.4 Å². The number of hydrogen-bond donors (Lipinski definition) is 2. The number of nitrogens with one attached hydrogen (secondary N) is 2. The number of aromatic amines is 1. The number of hydrogen-bond acceptors (Lipinski definition) is 5. The van der Waals surface area contributed by atoms with Gasteiger partial charge in [0, 0.05) is 33.4 Å². The Morgan fingerprint density at radius 3 is 2.65 bits per heavy atom. The number of para-hydroxylation sites is 2. The lowest BCUT2D eigenvalue weighted by Crippen LogP contribution is -2.15. The van der Waals surface area contributed by atoms with E-state index in [0.29, 0.717) is 27.3 Å². The SMILES string of the molecule is N#Cc1ccccc1NC(=O)CSc1nnc(-c2c[nH]c3ccccc23)n1-c1ccc(Cl)cc1. The summed E-state index contributed by atoms with van der Waals surface area (Å²) in [5.74, 6) is 0.504. The molecule has 0 radical (unpaired) electrons. The van der Waals surface area contributed by atoms with Crippen molar-refractivity contribution in [3.05, 3.63) is 89.6 Å². The molecule has 166 valence electrons. The summed E-state index contributed by atoms with van der Waals surface area (Å²) in [6, 6.07) is 24.3. The summed E-state index contributed by atoms with van der Waals surface area (Å²) < 4.78 is 1.91. The lowest BCUT2D eigenvalue weighted by molar-refractivity contribution is -0.113. The number of benzene rings is 3. The maximum atomic E-state index is 12.6. The van der Waals surface area contributed by atoms with Crippen molar-refractivity contribution in [1.29, 1.82) is 5.26 Å². The van der Waals surface area contributed by atoms with E-state index in [1.807, 2.05) is 47.2 Å². The predicted molar refractivity (Wildman–Crippen MR) is 134 cm³/mol. The smallest absolute Gasteiger partial charge is 0.234 e. The Bertz CT molecular complexity index is 1530. The Morgan fingerprint density at radius 1 is 1.06 bits per heavy atom. The number of thioether (sulfide) groups is 1. The van der Waals surface area contributed by atoms with Crippen LogP contribution in [-0.2, 0) is 4.79 Å². The maximum Gasteiger partial charge on any atom is 0.234 e. The second-order valence-electron chi connectivity index (χ2n) is 7.36. The summed E-state index contributed by atoms with van der Waals surface area (Å²) in [5.41, 5.74) is 3.61. The van der Waals surface area contributed by atoms with Crippen LogP contribution < -0.4 is 5.32 Å². The number of halogens is 1. The van der Waals surface area contributed by atoms with Crippen molar-refractivity contribution in [2.75, 3.05) is 11.1 Å². The van der Waals surface area contributed by atoms with Crippen LogP contribution in [0, 0.1) is 11.3 Å². The van der Waals surface area contributed by atoms with Crippen molar-refractivity contribution >= 4 is 45.9 Å². The van der Waals surface area contributed by atoms with Crippen LogP contribution in [0.2, 0.25) is 5.02 Å². The minimum absolute atomic E-state index is 0.0966. The van der Waals surface area contributed by atoms with Gasteiger partial charge in [-0.25, -0.2) is 0 Å². The molecule has 0 aliphatic carbocycles. The fourth-order valence-electron chi connectivity index (χ4n) is 3.62. The first-order chi connectivity index (χ1) is 16.6. The van der Waals surface area contributed by atoms with Crippen LogP contribution in [0.15, 0.2) is 84.1 Å². The quantitative estimate of drug-likeness (QED) is 0.302. The molecule has 0 aliphatic rings. The highest BCUT2D eigenvalue weighted by atomic mass is 35.5. The molecule has 0 bridgehead atoms. The number of amides is 1. The number of anilines is 1. The van der Waals surface area contributed by atoms with Crippen LogP contribution in [-0.4, -0.2) is 31.4 Å². The maximum absolute atomic E-state index is 12.6. The zero-order valence-corrected chi connectivity index (χ0v) is 19.3. The van der Waals surface area contributed by atoms with Gasteiger partial charge in [-0.3, -0.25) is 9.36 Å². The monoisotopic (exact) mass is 484 g/mol. The molecule has 2 aromatic heterocycles. The zero-order chi connectivity index (χ0) is 23.5. The Balaban J connectivity index is 1.47. The lowest BCUT2D eigenvalue weighted by Gasteiger charge is -2.11. The van der Waals surface area contributed by atoms with Gasteiger partial charge < -0.3 is 10.3 Å². The molecule has 0 saturated carbocycles. The number of carbonyl (C=O) groups is 1. The van der Waals surface area contributed by atoms with E-state index in [1.165, 1.54) is 11.8 Å². The first kappa shape index (κ1) is 21.8. The summed E-state index contributed by atoms with van der Waals surface area (Å²) in [7, 11) is 0. The van der Waals surface area contributed by atoms with E-state index in [4.69, 9.17) is 11.6 Å². The van der Waals surface area contributed by atoms with Crippen LogP contribution in [0.3, 0.4) is 0 Å². The topological polar surface area (TPSA) is 99.4 Å². The van der Waals surface area contributed by atoms with E-state index in [0.717, 1.165) is 22.2 Å². The molecule has 2 N–H and O–H groups in total. The van der Waals surface area contributed by atoms with Crippen LogP contribution in [0.4, 0.5) is 5.69 Å². The molecule has 0 fully saturated rings. The summed E-state index contributed by atoms with van der Waals surface area (Å²) >= 11 is 7.37. The Labute approximate surface area is 204 Å². The van der Waals surface area contributed by atoms with Crippen LogP contribution in [0.5, 0.6) is 0 Å². The largest absolute Gasteiger partial charge is 0.360 e. The number of H-pyrrole nitrogens is 1. The fraction of sp³-hybridized carbons (Fsp3) is 0.0400. The van der Waals surface area contributed by atoms with Crippen molar-refractivity contribution in [3.8, 4) is 23.1 Å². The average Bonchev–Trinajstić information content (AvgIpc) is 3.47. The van der Waals surface area contributed by atoms with E-state index >= 15 is 0 Å². The summed E-state index contributed by atoms with van der Waals surface area (Å²) in [4.78, 5) is 15.9. The molecule has 0 spiro atoms. The van der Waals surface area contributed by atoms with Gasteiger partial charge in [0.05, 0.1) is 17.0 Å². The molecule has 3 aromatic carbocycles. The fourth-order valence-corrected chi connectivity index (χ4v) is 4.50. The van der Waals surface area contributed by atoms with Crippen molar-refractivity contribution in [3.63, 3.8) is 0 Å². The van der Waals surface area contributed by atoms with E-state index in [2.05, 4.69) is 26.6 Å². The summed E-state index contributed by atoms with van der Waals surface area (Å²) in [5, 5.41) is 23.1. The third-order valence-corrected chi connectivity index (χ3v) is 6.38. The van der Waals surface area contributed by atoms with Crippen LogP contribution in [0.1, 0.15) is 5.56 Å². The highest BCUT2D eigenvalue weighted by Gasteiger charge is 2.20. The van der Waals surface area contributed by atoms with Gasteiger partial charge in [-0.2, -0.15) is 5.26 Å². The van der Waals surface area contributed by atoms with Gasteiger partial charge in [0.15, 0.2) is 11.0 Å². The van der Waals surface area contributed by atoms with Crippen LogP contribution >= 0.6 is 23.4 Å². The number of nitrogens with zero attached hydrogens (tertiary/aromatic N) is 4. The first-order valence-electron chi connectivity index (χ1n) is 10.3. The molecule has 2 heterocycles. The first-order valence-corrected chi connectivity index (χ1v) is 11.7. The summed E-state index contributed by atoms with van der Waals surface area (Å²) in [6.45, 7) is 0. The highest BCUT2D eigenvalue weighted by Crippen LogP contribution is 2.32.